The molecule has 0 saturated carbocycles. The van der Waals surface area contributed by atoms with Gasteiger partial charge < -0.3 is 10.1 Å². The van der Waals surface area contributed by atoms with Gasteiger partial charge in [-0.25, -0.2) is 13.2 Å². The lowest BCUT2D eigenvalue weighted by Gasteiger charge is -2.19. The van der Waals surface area contributed by atoms with E-state index in [0.29, 0.717) is 11.3 Å². The first kappa shape index (κ1) is 22.6. The van der Waals surface area contributed by atoms with Crippen LogP contribution in [-0.4, -0.2) is 32.7 Å². The van der Waals surface area contributed by atoms with Crippen LogP contribution >= 0.6 is 0 Å². The van der Waals surface area contributed by atoms with E-state index in [1.54, 1.807) is 13.0 Å². The van der Waals surface area contributed by atoms with E-state index >= 15 is 0 Å². The standard InChI is InChI=1S/C22H27NO5S/c1-13(2)18-9-7-8-15(4)20(18)23-21(24)16(5)28-22(25)19-12-17(29(6,26)27)11-10-14(19)3/h7-13,16H,1-6H3,(H,23,24)/t16-/m0/s1. The van der Waals surface area contributed by atoms with Crippen LogP contribution in [0.5, 0.6) is 0 Å². The summed E-state index contributed by atoms with van der Waals surface area (Å²) in [4.78, 5) is 25.2. The van der Waals surface area contributed by atoms with Crippen LogP contribution in [-0.2, 0) is 19.4 Å². The van der Waals surface area contributed by atoms with Crippen LogP contribution in [0.1, 0.15) is 53.7 Å². The van der Waals surface area contributed by atoms with Gasteiger partial charge in [-0.3, -0.25) is 4.79 Å². The van der Waals surface area contributed by atoms with Crippen LogP contribution in [0, 0.1) is 13.8 Å². The average molecular weight is 418 g/mol. The van der Waals surface area contributed by atoms with Gasteiger partial charge in [0.2, 0.25) is 0 Å². The summed E-state index contributed by atoms with van der Waals surface area (Å²) in [6.07, 6.45) is 0.0144. The second-order valence-electron chi connectivity index (χ2n) is 7.48. The molecule has 2 aromatic rings. The van der Waals surface area contributed by atoms with E-state index in [-0.39, 0.29) is 16.4 Å². The number of nitrogens with one attached hydrogen (secondary N) is 1. The Morgan fingerprint density at radius 3 is 2.24 bits per heavy atom. The minimum atomic E-state index is -3.47. The fourth-order valence-electron chi connectivity index (χ4n) is 2.90. The molecule has 29 heavy (non-hydrogen) atoms. The van der Waals surface area contributed by atoms with Crippen molar-refractivity contribution in [3.05, 3.63) is 58.7 Å². The van der Waals surface area contributed by atoms with E-state index in [1.807, 2.05) is 39.0 Å². The molecule has 7 heteroatoms. The monoisotopic (exact) mass is 417 g/mol. The molecule has 0 aliphatic carbocycles. The molecular weight excluding hydrogens is 390 g/mol. The Kier molecular flexibility index (Phi) is 6.85. The first-order chi connectivity index (χ1) is 13.4. The number of amides is 1. The summed E-state index contributed by atoms with van der Waals surface area (Å²) in [5.74, 6) is -0.986. The van der Waals surface area contributed by atoms with E-state index in [9.17, 15) is 18.0 Å². The highest BCUT2D eigenvalue weighted by Crippen LogP contribution is 2.27. The lowest BCUT2D eigenvalue weighted by Crippen LogP contribution is -2.31. The summed E-state index contributed by atoms with van der Waals surface area (Å²) >= 11 is 0. The first-order valence-electron chi connectivity index (χ1n) is 9.34. The number of esters is 1. The van der Waals surface area contributed by atoms with Gasteiger partial charge in [-0.05, 0) is 55.5 Å². The van der Waals surface area contributed by atoms with Crippen LogP contribution in [0.2, 0.25) is 0 Å². The van der Waals surface area contributed by atoms with Gasteiger partial charge in [0.05, 0.1) is 10.5 Å². The Labute approximate surface area is 172 Å². The smallest absolute Gasteiger partial charge is 0.339 e. The third-order valence-corrected chi connectivity index (χ3v) is 5.80. The third-order valence-electron chi connectivity index (χ3n) is 4.69. The molecule has 6 nitrogen and oxygen atoms in total. The summed E-state index contributed by atoms with van der Waals surface area (Å²) in [5.41, 5.74) is 3.31. The van der Waals surface area contributed by atoms with Gasteiger partial charge in [0.1, 0.15) is 0 Å². The number of hydrogen-bond acceptors (Lipinski definition) is 5. The molecule has 1 atom stereocenters. The number of carbonyl (C=O) groups is 2. The van der Waals surface area contributed by atoms with Gasteiger partial charge in [0, 0.05) is 11.9 Å². The molecule has 156 valence electrons. The Hall–Kier alpha value is -2.67. The number of para-hydroxylation sites is 1. The maximum Gasteiger partial charge on any atom is 0.339 e. The molecule has 0 aromatic heterocycles. The second kappa shape index (κ2) is 8.78. The zero-order chi connectivity index (χ0) is 21.9. The number of sulfone groups is 1. The lowest BCUT2D eigenvalue weighted by molar-refractivity contribution is -0.123. The molecule has 0 spiro atoms. The van der Waals surface area contributed by atoms with E-state index in [4.69, 9.17) is 4.74 Å². The number of anilines is 1. The van der Waals surface area contributed by atoms with Crippen molar-refractivity contribution in [2.24, 2.45) is 0 Å². The minimum Gasteiger partial charge on any atom is -0.449 e. The van der Waals surface area contributed by atoms with Crippen LogP contribution in [0.3, 0.4) is 0 Å². The quantitative estimate of drug-likeness (QED) is 0.717. The Balaban J connectivity index is 2.20. The number of aryl methyl sites for hydroxylation is 2. The fourth-order valence-corrected chi connectivity index (χ4v) is 3.54. The largest absolute Gasteiger partial charge is 0.449 e. The van der Waals surface area contributed by atoms with Crippen LogP contribution in [0.15, 0.2) is 41.3 Å². The van der Waals surface area contributed by atoms with E-state index < -0.39 is 27.8 Å². The van der Waals surface area contributed by atoms with Gasteiger partial charge in [-0.15, -0.1) is 0 Å². The molecule has 0 saturated heterocycles. The molecule has 0 heterocycles. The average Bonchev–Trinajstić information content (AvgIpc) is 2.62. The van der Waals surface area contributed by atoms with Crippen molar-refractivity contribution in [2.75, 3.05) is 11.6 Å². The highest BCUT2D eigenvalue weighted by Gasteiger charge is 2.23. The summed E-state index contributed by atoms with van der Waals surface area (Å²) in [6.45, 7) is 9.13. The van der Waals surface area contributed by atoms with Crippen molar-refractivity contribution >= 4 is 27.4 Å². The van der Waals surface area contributed by atoms with Crippen LogP contribution in [0.4, 0.5) is 5.69 Å². The van der Waals surface area contributed by atoms with Gasteiger partial charge >= 0.3 is 5.97 Å². The summed E-state index contributed by atoms with van der Waals surface area (Å²) in [6, 6.07) is 10.0. The highest BCUT2D eigenvalue weighted by atomic mass is 32.2. The summed E-state index contributed by atoms with van der Waals surface area (Å²) in [7, 11) is -3.47. The number of carbonyl (C=O) groups excluding carboxylic acids is 2. The van der Waals surface area contributed by atoms with Crippen LogP contribution in [0.25, 0.3) is 0 Å². The number of ether oxygens (including phenoxy) is 1. The normalized spacial score (nSPS) is 12.5. The molecule has 0 aliphatic rings. The van der Waals surface area contributed by atoms with Crippen molar-refractivity contribution in [2.45, 2.75) is 51.5 Å². The predicted molar refractivity (Wildman–Crippen MR) is 113 cm³/mol. The van der Waals surface area contributed by atoms with E-state index in [2.05, 4.69) is 5.32 Å². The summed E-state index contributed by atoms with van der Waals surface area (Å²) in [5, 5.41) is 2.85. The van der Waals surface area contributed by atoms with Crippen molar-refractivity contribution in [3.8, 4) is 0 Å². The lowest BCUT2D eigenvalue weighted by atomic mass is 9.98. The molecule has 1 amide bonds. The maximum atomic E-state index is 12.6. The van der Waals surface area contributed by atoms with Crippen molar-refractivity contribution in [1.82, 2.24) is 0 Å². The number of rotatable bonds is 6. The van der Waals surface area contributed by atoms with E-state index in [1.165, 1.54) is 19.1 Å². The minimum absolute atomic E-state index is 0.0219. The Bertz CT molecular complexity index is 1040. The zero-order valence-electron chi connectivity index (χ0n) is 17.6. The first-order valence-corrected chi connectivity index (χ1v) is 11.2. The number of benzene rings is 2. The molecule has 0 radical (unpaired) electrons. The Morgan fingerprint density at radius 2 is 1.66 bits per heavy atom. The Morgan fingerprint density at radius 1 is 1.00 bits per heavy atom. The van der Waals surface area contributed by atoms with Crippen LogP contribution < -0.4 is 5.32 Å². The fraction of sp³-hybridized carbons (Fsp3) is 0.364. The predicted octanol–water partition coefficient (Wildman–Crippen LogP) is 4.01. The SMILES string of the molecule is Cc1ccc(S(C)(=O)=O)cc1C(=O)O[C@@H](C)C(=O)Nc1c(C)cccc1C(C)C. The van der Waals surface area contributed by atoms with Gasteiger partial charge in [-0.2, -0.15) is 0 Å². The second-order valence-corrected chi connectivity index (χ2v) is 9.50. The zero-order valence-corrected chi connectivity index (χ0v) is 18.4. The maximum absolute atomic E-state index is 12.6. The van der Waals surface area contributed by atoms with E-state index in [0.717, 1.165) is 17.4 Å². The molecule has 0 fully saturated rings. The van der Waals surface area contributed by atoms with Gasteiger partial charge in [0.15, 0.2) is 15.9 Å². The van der Waals surface area contributed by atoms with Crippen molar-refractivity contribution < 1.29 is 22.7 Å². The molecular formula is C22H27NO5S. The molecule has 0 bridgehead atoms. The molecule has 1 N–H and O–H groups in total. The van der Waals surface area contributed by atoms with Crippen molar-refractivity contribution in [1.29, 1.82) is 0 Å². The molecule has 0 unspecified atom stereocenters. The molecule has 2 rings (SSSR count). The third kappa shape index (κ3) is 5.44. The summed E-state index contributed by atoms with van der Waals surface area (Å²) < 4.78 is 28.8. The highest BCUT2D eigenvalue weighted by molar-refractivity contribution is 7.90. The van der Waals surface area contributed by atoms with Gasteiger partial charge in [-0.1, -0.05) is 38.1 Å². The number of hydrogen-bond donors (Lipinski definition) is 1. The van der Waals surface area contributed by atoms with Crippen molar-refractivity contribution in [3.63, 3.8) is 0 Å². The topological polar surface area (TPSA) is 89.5 Å². The molecule has 0 aliphatic heterocycles. The molecule has 2 aromatic carbocycles. The van der Waals surface area contributed by atoms with Gasteiger partial charge in [0.25, 0.3) is 5.91 Å².